The molecule has 1 aromatic heterocycles. The Morgan fingerprint density at radius 3 is 2.39 bits per heavy atom. The fourth-order valence-corrected chi connectivity index (χ4v) is 3.10. The molecule has 3 rings (SSSR count). The first-order chi connectivity index (χ1) is 11.2. The summed E-state index contributed by atoms with van der Waals surface area (Å²) in [5, 5.41) is 0.187. The maximum atomic E-state index is 13.6. The quantitative estimate of drug-likeness (QED) is 0.852. The number of benzene rings is 1. The van der Waals surface area contributed by atoms with Crippen molar-refractivity contribution in [1.29, 1.82) is 0 Å². The zero-order valence-electron chi connectivity index (χ0n) is 13.1. The minimum Gasteiger partial charge on any atom is -0.298 e. The molecule has 0 amide bonds. The summed E-state index contributed by atoms with van der Waals surface area (Å²) in [4.78, 5) is 9.02. The summed E-state index contributed by atoms with van der Waals surface area (Å²) in [6, 6.07) is 9.18. The average molecular weight is 334 g/mol. The van der Waals surface area contributed by atoms with Crippen LogP contribution < -0.4 is 0 Å². The number of rotatable bonds is 4. The third-order valence-electron chi connectivity index (χ3n) is 4.20. The van der Waals surface area contributed by atoms with Crippen LogP contribution in [0.2, 0.25) is 5.02 Å². The smallest absolute Gasteiger partial charge is 0.142 e. The Kier molecular flexibility index (Phi) is 5.60. The summed E-state index contributed by atoms with van der Waals surface area (Å²) in [7, 11) is 0. The molecular weight excluding hydrogens is 313 g/mol. The van der Waals surface area contributed by atoms with Gasteiger partial charge < -0.3 is 0 Å². The molecule has 23 heavy (non-hydrogen) atoms. The first kappa shape index (κ1) is 16.4. The van der Waals surface area contributed by atoms with Crippen LogP contribution in [-0.4, -0.2) is 41.0 Å². The van der Waals surface area contributed by atoms with Crippen LogP contribution in [0.1, 0.15) is 17.5 Å². The Balaban J connectivity index is 1.54. The predicted octanol–water partition coefficient (Wildman–Crippen LogP) is 3.58. The van der Waals surface area contributed by atoms with Crippen LogP contribution in [0, 0.1) is 5.82 Å². The van der Waals surface area contributed by atoms with Crippen LogP contribution in [0.25, 0.3) is 0 Å². The highest BCUT2D eigenvalue weighted by Gasteiger charge is 2.15. The molecule has 0 spiro atoms. The summed E-state index contributed by atoms with van der Waals surface area (Å²) in [6.45, 7) is 5.84. The van der Waals surface area contributed by atoms with Crippen molar-refractivity contribution in [3.05, 3.63) is 64.7 Å². The van der Waals surface area contributed by atoms with Crippen LogP contribution in [0.4, 0.5) is 4.39 Å². The van der Waals surface area contributed by atoms with E-state index in [0.717, 1.165) is 51.3 Å². The molecule has 1 fully saturated rings. The van der Waals surface area contributed by atoms with Gasteiger partial charge in [-0.25, -0.2) is 4.39 Å². The molecule has 2 aromatic rings. The molecule has 122 valence electrons. The van der Waals surface area contributed by atoms with Crippen LogP contribution in [-0.2, 0) is 13.1 Å². The molecule has 0 atom stereocenters. The number of nitrogens with zero attached hydrogens (tertiary/aromatic N) is 3. The van der Waals surface area contributed by atoms with Crippen molar-refractivity contribution in [3.8, 4) is 0 Å². The minimum absolute atomic E-state index is 0.187. The molecule has 3 nitrogen and oxygen atoms in total. The van der Waals surface area contributed by atoms with Gasteiger partial charge in [-0.1, -0.05) is 23.7 Å². The second-order valence-electron chi connectivity index (χ2n) is 6.02. The lowest BCUT2D eigenvalue weighted by Gasteiger charge is -2.22. The van der Waals surface area contributed by atoms with Crippen molar-refractivity contribution in [2.24, 2.45) is 0 Å². The molecule has 0 bridgehead atoms. The number of pyridine rings is 1. The molecule has 5 heteroatoms. The molecule has 0 radical (unpaired) electrons. The minimum atomic E-state index is -0.336. The lowest BCUT2D eigenvalue weighted by atomic mass is 10.2. The topological polar surface area (TPSA) is 19.4 Å². The van der Waals surface area contributed by atoms with Gasteiger partial charge in [0, 0.05) is 38.6 Å². The van der Waals surface area contributed by atoms with Gasteiger partial charge in [0.2, 0.25) is 0 Å². The van der Waals surface area contributed by atoms with Crippen molar-refractivity contribution >= 4 is 11.6 Å². The van der Waals surface area contributed by atoms with E-state index < -0.39 is 0 Å². The highest BCUT2D eigenvalue weighted by Crippen LogP contribution is 2.17. The maximum absolute atomic E-state index is 13.6. The zero-order valence-corrected chi connectivity index (χ0v) is 13.8. The van der Waals surface area contributed by atoms with Gasteiger partial charge in [0.25, 0.3) is 0 Å². The van der Waals surface area contributed by atoms with Crippen LogP contribution in [0.3, 0.4) is 0 Å². The van der Waals surface area contributed by atoms with E-state index in [1.807, 2.05) is 18.3 Å². The van der Waals surface area contributed by atoms with E-state index >= 15 is 0 Å². The predicted molar refractivity (Wildman–Crippen MR) is 90.8 cm³/mol. The molecule has 1 saturated heterocycles. The molecule has 0 N–H and O–H groups in total. The zero-order chi connectivity index (χ0) is 16.1. The first-order valence-corrected chi connectivity index (χ1v) is 8.36. The molecular formula is C18H21ClFN3. The summed E-state index contributed by atoms with van der Waals surface area (Å²) >= 11 is 5.75. The van der Waals surface area contributed by atoms with Crippen molar-refractivity contribution in [2.45, 2.75) is 19.5 Å². The lowest BCUT2D eigenvalue weighted by molar-refractivity contribution is 0.247. The van der Waals surface area contributed by atoms with E-state index in [1.165, 1.54) is 5.56 Å². The number of hydrogen-bond acceptors (Lipinski definition) is 3. The third-order valence-corrected chi connectivity index (χ3v) is 4.51. The monoisotopic (exact) mass is 333 g/mol. The lowest BCUT2D eigenvalue weighted by Crippen LogP contribution is -2.30. The van der Waals surface area contributed by atoms with E-state index in [9.17, 15) is 4.39 Å². The largest absolute Gasteiger partial charge is 0.298 e. The standard InChI is InChI=1S/C18H21ClFN3/c19-17-5-4-15(11-18(17)20)13-22-7-2-8-23(10-9-22)14-16-3-1-6-21-12-16/h1,3-6,11-12H,2,7-10,13-14H2. The van der Waals surface area contributed by atoms with Gasteiger partial charge in [-0.2, -0.15) is 0 Å². The SMILES string of the molecule is Fc1cc(CN2CCCN(Cc3cccnc3)CC2)ccc1Cl. The van der Waals surface area contributed by atoms with Crippen LogP contribution in [0.5, 0.6) is 0 Å². The summed E-state index contributed by atoms with van der Waals surface area (Å²) in [5.41, 5.74) is 2.23. The molecule has 0 unspecified atom stereocenters. The van der Waals surface area contributed by atoms with Gasteiger partial charge in [-0.3, -0.25) is 14.8 Å². The summed E-state index contributed by atoms with van der Waals surface area (Å²) in [5.74, 6) is -0.336. The summed E-state index contributed by atoms with van der Waals surface area (Å²) in [6.07, 6.45) is 4.86. The molecule has 2 heterocycles. The van der Waals surface area contributed by atoms with E-state index in [0.29, 0.717) is 0 Å². The molecule has 1 aliphatic heterocycles. The Morgan fingerprint density at radius 1 is 1.00 bits per heavy atom. The Hall–Kier alpha value is -1.49. The van der Waals surface area contributed by atoms with Gasteiger partial charge >= 0.3 is 0 Å². The Morgan fingerprint density at radius 2 is 1.74 bits per heavy atom. The first-order valence-electron chi connectivity index (χ1n) is 7.98. The van der Waals surface area contributed by atoms with Gasteiger partial charge in [0.15, 0.2) is 0 Å². The fraction of sp³-hybridized carbons (Fsp3) is 0.389. The van der Waals surface area contributed by atoms with Gasteiger partial charge in [-0.15, -0.1) is 0 Å². The second kappa shape index (κ2) is 7.86. The number of aromatic nitrogens is 1. The van der Waals surface area contributed by atoms with E-state index in [2.05, 4.69) is 20.9 Å². The van der Waals surface area contributed by atoms with Gasteiger partial charge in [-0.05, 0) is 48.8 Å². The highest BCUT2D eigenvalue weighted by molar-refractivity contribution is 6.30. The van der Waals surface area contributed by atoms with Crippen molar-refractivity contribution < 1.29 is 4.39 Å². The number of hydrogen-bond donors (Lipinski definition) is 0. The van der Waals surface area contributed by atoms with Crippen molar-refractivity contribution in [1.82, 2.24) is 14.8 Å². The van der Waals surface area contributed by atoms with E-state index in [1.54, 1.807) is 18.3 Å². The van der Waals surface area contributed by atoms with Crippen molar-refractivity contribution in [3.63, 3.8) is 0 Å². The average Bonchev–Trinajstić information content (AvgIpc) is 2.77. The molecule has 1 aromatic carbocycles. The van der Waals surface area contributed by atoms with Gasteiger partial charge in [0.05, 0.1) is 5.02 Å². The van der Waals surface area contributed by atoms with Crippen LogP contribution in [0.15, 0.2) is 42.7 Å². The van der Waals surface area contributed by atoms with E-state index in [4.69, 9.17) is 11.6 Å². The second-order valence-corrected chi connectivity index (χ2v) is 6.42. The highest BCUT2D eigenvalue weighted by atomic mass is 35.5. The third kappa shape index (κ3) is 4.74. The van der Waals surface area contributed by atoms with Crippen molar-refractivity contribution in [2.75, 3.05) is 26.2 Å². The maximum Gasteiger partial charge on any atom is 0.142 e. The van der Waals surface area contributed by atoms with Crippen LogP contribution >= 0.6 is 11.6 Å². The Labute approximate surface area is 141 Å². The normalized spacial score (nSPS) is 17.1. The fourth-order valence-electron chi connectivity index (χ4n) is 2.99. The van der Waals surface area contributed by atoms with Gasteiger partial charge in [0.1, 0.15) is 5.82 Å². The Bertz CT molecular complexity index is 635. The summed E-state index contributed by atoms with van der Waals surface area (Å²) < 4.78 is 13.6. The molecule has 1 aliphatic rings. The molecule has 0 aliphatic carbocycles. The number of halogens is 2. The van der Waals surface area contributed by atoms with E-state index in [-0.39, 0.29) is 10.8 Å². The molecule has 0 saturated carbocycles.